The van der Waals surface area contributed by atoms with E-state index >= 15 is 0 Å². The molecule has 0 fully saturated rings. The lowest BCUT2D eigenvalue weighted by atomic mass is 10.0. The van der Waals surface area contributed by atoms with E-state index in [1.165, 1.54) is 0 Å². The number of hydrogen-bond acceptors (Lipinski definition) is 2. The second kappa shape index (κ2) is 5.66. The van der Waals surface area contributed by atoms with Crippen LogP contribution in [0.15, 0.2) is 30.3 Å². The fraction of sp³-hybridized carbons (Fsp3) is 0.462. The minimum Gasteiger partial charge on any atom is -0.386 e. The van der Waals surface area contributed by atoms with Gasteiger partial charge in [0.05, 0.1) is 12.1 Å². The van der Waals surface area contributed by atoms with Gasteiger partial charge in [0.15, 0.2) is 0 Å². The molecule has 0 aliphatic heterocycles. The van der Waals surface area contributed by atoms with Gasteiger partial charge in [-0.25, -0.2) is 0 Å². The second-order valence-corrected chi connectivity index (χ2v) is 4.31. The Bertz CT molecular complexity index is 335. The molecule has 0 saturated heterocycles. The van der Waals surface area contributed by atoms with Gasteiger partial charge >= 0.3 is 0 Å². The quantitative estimate of drug-likeness (QED) is 0.815. The highest BCUT2D eigenvalue weighted by molar-refractivity contribution is 5.78. The lowest BCUT2D eigenvalue weighted by molar-refractivity contribution is -0.125. The van der Waals surface area contributed by atoms with E-state index in [-0.39, 0.29) is 17.9 Å². The van der Waals surface area contributed by atoms with E-state index in [1.807, 2.05) is 44.2 Å². The number of nitrogens with one attached hydrogen (secondary N) is 1. The summed E-state index contributed by atoms with van der Waals surface area (Å²) >= 11 is 0. The Morgan fingerprint density at radius 2 is 1.75 bits per heavy atom. The fourth-order valence-corrected chi connectivity index (χ4v) is 1.41. The van der Waals surface area contributed by atoms with Gasteiger partial charge in [-0.1, -0.05) is 44.2 Å². The molecule has 1 rings (SSSR count). The number of hydrogen-bond donors (Lipinski definition) is 2. The first-order valence-corrected chi connectivity index (χ1v) is 5.55. The SMILES string of the molecule is CC(C)C(=O)NC(C)C(O)c1ccccc1. The van der Waals surface area contributed by atoms with Crippen LogP contribution in [0.2, 0.25) is 0 Å². The zero-order valence-electron chi connectivity index (χ0n) is 9.97. The van der Waals surface area contributed by atoms with E-state index in [2.05, 4.69) is 5.32 Å². The summed E-state index contributed by atoms with van der Waals surface area (Å²) in [7, 11) is 0. The first-order valence-electron chi connectivity index (χ1n) is 5.55. The Balaban J connectivity index is 2.61. The van der Waals surface area contributed by atoms with Crippen LogP contribution < -0.4 is 5.32 Å². The van der Waals surface area contributed by atoms with Crippen molar-refractivity contribution in [2.24, 2.45) is 5.92 Å². The maximum atomic E-state index is 11.5. The lowest BCUT2D eigenvalue weighted by Gasteiger charge is -2.21. The molecular formula is C13H19NO2. The number of aliphatic hydroxyl groups is 1. The summed E-state index contributed by atoms with van der Waals surface area (Å²) in [6.07, 6.45) is -0.663. The average molecular weight is 221 g/mol. The first kappa shape index (κ1) is 12.7. The van der Waals surface area contributed by atoms with Crippen LogP contribution in [0.25, 0.3) is 0 Å². The Morgan fingerprint density at radius 1 is 1.19 bits per heavy atom. The number of rotatable bonds is 4. The number of carbonyl (C=O) groups excluding carboxylic acids is 1. The predicted octanol–water partition coefficient (Wildman–Crippen LogP) is 1.88. The molecule has 0 radical (unpaired) electrons. The minimum atomic E-state index is -0.663. The zero-order valence-corrected chi connectivity index (χ0v) is 9.97. The molecule has 16 heavy (non-hydrogen) atoms. The van der Waals surface area contributed by atoms with Crippen molar-refractivity contribution in [1.82, 2.24) is 5.32 Å². The van der Waals surface area contributed by atoms with Crippen LogP contribution in [0.4, 0.5) is 0 Å². The third-order valence-corrected chi connectivity index (χ3v) is 2.51. The summed E-state index contributed by atoms with van der Waals surface area (Å²) in [5.41, 5.74) is 0.819. The second-order valence-electron chi connectivity index (χ2n) is 4.31. The van der Waals surface area contributed by atoms with Crippen LogP contribution in [-0.4, -0.2) is 17.1 Å². The Kier molecular flexibility index (Phi) is 4.50. The number of aliphatic hydroxyl groups excluding tert-OH is 1. The van der Waals surface area contributed by atoms with Crippen LogP contribution >= 0.6 is 0 Å². The van der Waals surface area contributed by atoms with Gasteiger partial charge < -0.3 is 10.4 Å². The smallest absolute Gasteiger partial charge is 0.222 e. The van der Waals surface area contributed by atoms with Gasteiger partial charge in [-0.2, -0.15) is 0 Å². The Morgan fingerprint density at radius 3 is 2.25 bits per heavy atom. The molecule has 3 nitrogen and oxygen atoms in total. The van der Waals surface area contributed by atoms with E-state index in [1.54, 1.807) is 6.92 Å². The van der Waals surface area contributed by atoms with Crippen molar-refractivity contribution in [3.63, 3.8) is 0 Å². The highest BCUT2D eigenvalue weighted by Crippen LogP contribution is 2.16. The van der Waals surface area contributed by atoms with Crippen molar-refractivity contribution in [3.05, 3.63) is 35.9 Å². The molecule has 0 aliphatic carbocycles. The lowest BCUT2D eigenvalue weighted by Crippen LogP contribution is -2.39. The summed E-state index contributed by atoms with van der Waals surface area (Å²) in [6, 6.07) is 9.06. The van der Waals surface area contributed by atoms with Crippen LogP contribution in [0.1, 0.15) is 32.4 Å². The molecule has 2 atom stereocenters. The largest absolute Gasteiger partial charge is 0.386 e. The van der Waals surface area contributed by atoms with Crippen molar-refractivity contribution in [2.75, 3.05) is 0 Å². The van der Waals surface area contributed by atoms with Crippen LogP contribution in [0.5, 0.6) is 0 Å². The normalized spacial score (nSPS) is 14.6. The molecule has 1 aromatic rings. The maximum absolute atomic E-state index is 11.5. The van der Waals surface area contributed by atoms with Crippen LogP contribution in [0, 0.1) is 5.92 Å². The molecule has 0 aromatic heterocycles. The van der Waals surface area contributed by atoms with Gasteiger partial charge in [0.1, 0.15) is 0 Å². The summed E-state index contributed by atoms with van der Waals surface area (Å²) in [4.78, 5) is 11.5. The molecule has 2 unspecified atom stereocenters. The van der Waals surface area contributed by atoms with E-state index in [0.717, 1.165) is 5.56 Å². The molecule has 0 spiro atoms. The van der Waals surface area contributed by atoms with Gasteiger partial charge in [-0.05, 0) is 12.5 Å². The number of benzene rings is 1. The maximum Gasteiger partial charge on any atom is 0.222 e. The van der Waals surface area contributed by atoms with Gasteiger partial charge in [-0.3, -0.25) is 4.79 Å². The van der Waals surface area contributed by atoms with Crippen molar-refractivity contribution in [3.8, 4) is 0 Å². The van der Waals surface area contributed by atoms with Gasteiger partial charge in [0.2, 0.25) is 5.91 Å². The Hall–Kier alpha value is -1.35. The molecule has 1 aromatic carbocycles. The van der Waals surface area contributed by atoms with Gasteiger partial charge in [0, 0.05) is 5.92 Å². The van der Waals surface area contributed by atoms with Crippen molar-refractivity contribution in [2.45, 2.75) is 32.9 Å². The fourth-order valence-electron chi connectivity index (χ4n) is 1.41. The third kappa shape index (κ3) is 3.35. The average Bonchev–Trinajstić information content (AvgIpc) is 2.28. The Labute approximate surface area is 96.5 Å². The zero-order chi connectivity index (χ0) is 12.1. The molecule has 0 bridgehead atoms. The van der Waals surface area contributed by atoms with Crippen molar-refractivity contribution < 1.29 is 9.90 Å². The van der Waals surface area contributed by atoms with E-state index in [0.29, 0.717) is 0 Å². The molecular weight excluding hydrogens is 202 g/mol. The molecule has 1 amide bonds. The number of amides is 1. The van der Waals surface area contributed by atoms with E-state index < -0.39 is 6.10 Å². The van der Waals surface area contributed by atoms with Gasteiger partial charge in [-0.15, -0.1) is 0 Å². The van der Waals surface area contributed by atoms with E-state index in [9.17, 15) is 9.90 Å². The van der Waals surface area contributed by atoms with Crippen molar-refractivity contribution in [1.29, 1.82) is 0 Å². The predicted molar refractivity (Wildman–Crippen MR) is 63.8 cm³/mol. The van der Waals surface area contributed by atoms with Crippen LogP contribution in [-0.2, 0) is 4.79 Å². The monoisotopic (exact) mass is 221 g/mol. The topological polar surface area (TPSA) is 49.3 Å². The molecule has 0 aliphatic rings. The summed E-state index contributed by atoms with van der Waals surface area (Å²) < 4.78 is 0. The molecule has 0 heterocycles. The van der Waals surface area contributed by atoms with Crippen LogP contribution in [0.3, 0.4) is 0 Å². The minimum absolute atomic E-state index is 0.0394. The summed E-state index contributed by atoms with van der Waals surface area (Å²) in [5.74, 6) is -0.104. The summed E-state index contributed by atoms with van der Waals surface area (Å²) in [6.45, 7) is 5.46. The molecule has 88 valence electrons. The standard InChI is InChI=1S/C13H19NO2/c1-9(2)13(16)14-10(3)12(15)11-7-5-4-6-8-11/h4-10,12,15H,1-3H3,(H,14,16). The number of carbonyl (C=O) groups is 1. The van der Waals surface area contributed by atoms with Crippen molar-refractivity contribution >= 4 is 5.91 Å². The molecule has 3 heteroatoms. The molecule has 0 saturated carbocycles. The van der Waals surface area contributed by atoms with Gasteiger partial charge in [0.25, 0.3) is 0 Å². The third-order valence-electron chi connectivity index (χ3n) is 2.51. The highest BCUT2D eigenvalue weighted by Gasteiger charge is 2.19. The van der Waals surface area contributed by atoms with E-state index in [4.69, 9.17) is 0 Å². The molecule has 2 N–H and O–H groups in total. The highest BCUT2D eigenvalue weighted by atomic mass is 16.3. The summed E-state index contributed by atoms with van der Waals surface area (Å²) in [5, 5.41) is 12.8. The first-order chi connectivity index (χ1) is 7.52.